The molecule has 4 aromatic rings. The van der Waals surface area contributed by atoms with E-state index in [1.807, 2.05) is 6.07 Å². The van der Waals surface area contributed by atoms with Crippen molar-refractivity contribution in [1.82, 2.24) is 4.98 Å². The standard InChI is InChI=1S/C28H24N2O7S/c1-35-17-9-7-16(8-10-17)25(32)23-24(19-5-3-4-6-21(19)37-14-13-31)30(27(34)26(23)33)28-29-20-15-18(36-2)11-12-22(20)38-28/h3-12,15,24,31-32H,13-14H2,1-2H3. The van der Waals surface area contributed by atoms with E-state index in [9.17, 15) is 19.8 Å². The fourth-order valence-corrected chi connectivity index (χ4v) is 5.32. The molecule has 38 heavy (non-hydrogen) atoms. The first-order valence-corrected chi connectivity index (χ1v) is 12.5. The zero-order chi connectivity index (χ0) is 26.8. The van der Waals surface area contributed by atoms with E-state index in [4.69, 9.17) is 14.2 Å². The number of thiazole rings is 1. The first kappa shape index (κ1) is 25.2. The third-order valence-corrected chi connectivity index (χ3v) is 7.20. The van der Waals surface area contributed by atoms with Gasteiger partial charge in [0.05, 0.1) is 36.6 Å². The minimum Gasteiger partial charge on any atom is -0.507 e. The van der Waals surface area contributed by atoms with Crippen molar-refractivity contribution in [3.8, 4) is 17.2 Å². The van der Waals surface area contributed by atoms with Gasteiger partial charge < -0.3 is 24.4 Å². The van der Waals surface area contributed by atoms with Crippen LogP contribution in [0.2, 0.25) is 0 Å². The third-order valence-electron chi connectivity index (χ3n) is 6.16. The lowest BCUT2D eigenvalue weighted by Crippen LogP contribution is -2.29. The maximum atomic E-state index is 13.5. The number of amides is 1. The average molecular weight is 533 g/mol. The lowest BCUT2D eigenvalue weighted by atomic mass is 9.94. The van der Waals surface area contributed by atoms with Crippen LogP contribution in [0.25, 0.3) is 16.0 Å². The Hall–Kier alpha value is -4.41. The molecule has 0 spiro atoms. The van der Waals surface area contributed by atoms with Crippen LogP contribution in [0.1, 0.15) is 17.2 Å². The zero-order valence-electron chi connectivity index (χ0n) is 20.6. The van der Waals surface area contributed by atoms with Gasteiger partial charge in [0.2, 0.25) is 0 Å². The maximum Gasteiger partial charge on any atom is 0.301 e. The Balaban J connectivity index is 1.72. The number of methoxy groups -OCH3 is 2. The lowest BCUT2D eigenvalue weighted by molar-refractivity contribution is -0.132. The minimum absolute atomic E-state index is 0.00999. The molecule has 1 aromatic heterocycles. The highest BCUT2D eigenvalue weighted by Crippen LogP contribution is 2.46. The SMILES string of the molecule is COc1ccc(C(O)=C2C(=O)C(=O)N(c3nc4cc(OC)ccc4s3)C2c2ccccc2OCCO)cc1. The highest BCUT2D eigenvalue weighted by atomic mass is 32.1. The molecule has 2 heterocycles. The minimum atomic E-state index is -1.03. The Morgan fingerprint density at radius 2 is 1.71 bits per heavy atom. The van der Waals surface area contributed by atoms with E-state index < -0.39 is 17.7 Å². The summed E-state index contributed by atoms with van der Waals surface area (Å²) in [6.45, 7) is -0.212. The number of anilines is 1. The number of ether oxygens (including phenoxy) is 3. The molecule has 1 amide bonds. The average Bonchev–Trinajstić information content (AvgIpc) is 3.49. The number of fused-ring (bicyclic) bond motifs is 1. The fourth-order valence-electron chi connectivity index (χ4n) is 4.35. The van der Waals surface area contributed by atoms with Gasteiger partial charge in [-0.1, -0.05) is 29.5 Å². The van der Waals surface area contributed by atoms with Gasteiger partial charge >= 0.3 is 5.91 Å². The molecular formula is C28H24N2O7S. The number of aliphatic hydroxyl groups is 2. The fraction of sp³-hybridized carbons (Fsp3) is 0.179. The van der Waals surface area contributed by atoms with Crippen LogP contribution >= 0.6 is 11.3 Å². The normalized spacial score (nSPS) is 16.7. The van der Waals surface area contributed by atoms with Crippen molar-refractivity contribution < 1.29 is 34.0 Å². The lowest BCUT2D eigenvalue weighted by Gasteiger charge is -2.24. The van der Waals surface area contributed by atoms with Gasteiger partial charge in [-0.3, -0.25) is 14.5 Å². The molecule has 194 valence electrons. The number of carbonyl (C=O) groups is 2. The summed E-state index contributed by atoms with van der Waals surface area (Å²) in [6, 6.07) is 17.7. The molecule has 2 N–H and O–H groups in total. The molecule has 0 bridgehead atoms. The zero-order valence-corrected chi connectivity index (χ0v) is 21.4. The van der Waals surface area contributed by atoms with Crippen molar-refractivity contribution >= 4 is 44.1 Å². The number of benzene rings is 3. The van der Waals surface area contributed by atoms with E-state index >= 15 is 0 Å². The summed E-state index contributed by atoms with van der Waals surface area (Å²) in [6.07, 6.45) is 0. The van der Waals surface area contributed by atoms with Crippen molar-refractivity contribution in [2.75, 3.05) is 32.3 Å². The number of carbonyl (C=O) groups excluding carboxylic acids is 2. The van der Waals surface area contributed by atoms with Crippen molar-refractivity contribution in [3.05, 3.63) is 83.4 Å². The molecule has 10 heteroatoms. The molecule has 1 unspecified atom stereocenters. The topological polar surface area (TPSA) is 118 Å². The summed E-state index contributed by atoms with van der Waals surface area (Å²) in [5.74, 6) is -0.466. The van der Waals surface area contributed by atoms with Crippen LogP contribution in [0.5, 0.6) is 17.2 Å². The van der Waals surface area contributed by atoms with Crippen molar-refractivity contribution in [2.45, 2.75) is 6.04 Å². The number of hydrogen-bond acceptors (Lipinski definition) is 9. The number of para-hydroxylation sites is 1. The van der Waals surface area contributed by atoms with Gasteiger partial charge in [-0.15, -0.1) is 0 Å². The number of ketones is 1. The molecule has 0 radical (unpaired) electrons. The molecule has 0 saturated carbocycles. The molecule has 0 aliphatic carbocycles. The van der Waals surface area contributed by atoms with E-state index in [0.717, 1.165) is 4.70 Å². The van der Waals surface area contributed by atoms with Gasteiger partial charge in [-0.2, -0.15) is 0 Å². The quantitative estimate of drug-likeness (QED) is 0.196. The van der Waals surface area contributed by atoms with E-state index in [1.54, 1.807) is 67.8 Å². The van der Waals surface area contributed by atoms with E-state index in [-0.39, 0.29) is 29.7 Å². The number of rotatable bonds is 8. The Morgan fingerprint density at radius 3 is 2.42 bits per heavy atom. The molecule has 1 saturated heterocycles. The summed E-state index contributed by atoms with van der Waals surface area (Å²) in [7, 11) is 3.08. The highest BCUT2D eigenvalue weighted by molar-refractivity contribution is 7.22. The monoisotopic (exact) mass is 532 g/mol. The van der Waals surface area contributed by atoms with Crippen LogP contribution in [0.3, 0.4) is 0 Å². The van der Waals surface area contributed by atoms with Crippen LogP contribution in [0, 0.1) is 0 Å². The molecule has 1 aliphatic heterocycles. The molecule has 5 rings (SSSR count). The number of aliphatic hydroxyl groups excluding tert-OH is 2. The van der Waals surface area contributed by atoms with Crippen LogP contribution in [0.15, 0.2) is 72.3 Å². The van der Waals surface area contributed by atoms with Crippen molar-refractivity contribution in [2.24, 2.45) is 0 Å². The maximum absolute atomic E-state index is 13.5. The second kappa shape index (κ2) is 10.5. The van der Waals surface area contributed by atoms with Crippen LogP contribution in [-0.2, 0) is 9.59 Å². The van der Waals surface area contributed by atoms with Crippen molar-refractivity contribution in [3.63, 3.8) is 0 Å². The summed E-state index contributed by atoms with van der Waals surface area (Å²) < 4.78 is 17.0. The Bertz CT molecular complexity index is 1540. The number of Topliss-reactive ketones (excluding diaryl/α,β-unsaturated/α-hetero) is 1. The van der Waals surface area contributed by atoms with Crippen LogP contribution < -0.4 is 19.1 Å². The van der Waals surface area contributed by atoms with Gasteiger partial charge in [0, 0.05) is 17.2 Å². The summed E-state index contributed by atoms with van der Waals surface area (Å²) in [5, 5.41) is 21.0. The van der Waals surface area contributed by atoms with E-state index in [1.165, 1.54) is 23.3 Å². The van der Waals surface area contributed by atoms with Gasteiger partial charge in [0.1, 0.15) is 35.7 Å². The number of aromatic nitrogens is 1. The molecule has 1 atom stereocenters. The Labute approximate surface area is 222 Å². The smallest absolute Gasteiger partial charge is 0.301 e. The van der Waals surface area contributed by atoms with Gasteiger partial charge in [-0.25, -0.2) is 4.98 Å². The molecule has 3 aromatic carbocycles. The summed E-state index contributed by atoms with van der Waals surface area (Å²) in [5.41, 5.74) is 1.31. The first-order chi connectivity index (χ1) is 18.5. The Morgan fingerprint density at radius 1 is 1.00 bits per heavy atom. The third kappa shape index (κ3) is 4.44. The number of nitrogens with zero attached hydrogens (tertiary/aromatic N) is 2. The van der Waals surface area contributed by atoms with E-state index in [2.05, 4.69) is 4.98 Å². The van der Waals surface area contributed by atoms with Crippen LogP contribution in [-0.4, -0.2) is 54.3 Å². The second-order valence-corrected chi connectivity index (χ2v) is 9.35. The summed E-state index contributed by atoms with van der Waals surface area (Å²) in [4.78, 5) is 32.9. The predicted octanol–water partition coefficient (Wildman–Crippen LogP) is 4.31. The van der Waals surface area contributed by atoms with E-state index in [0.29, 0.717) is 33.9 Å². The molecule has 1 aliphatic rings. The van der Waals surface area contributed by atoms with Crippen molar-refractivity contribution in [1.29, 1.82) is 0 Å². The largest absolute Gasteiger partial charge is 0.507 e. The summed E-state index contributed by atoms with van der Waals surface area (Å²) >= 11 is 1.24. The second-order valence-electron chi connectivity index (χ2n) is 8.34. The first-order valence-electron chi connectivity index (χ1n) is 11.7. The number of hydrogen-bond donors (Lipinski definition) is 2. The van der Waals surface area contributed by atoms with Gasteiger partial charge in [-0.05, 0) is 42.5 Å². The predicted molar refractivity (Wildman–Crippen MR) is 143 cm³/mol. The Kier molecular flexibility index (Phi) is 6.99. The molecular weight excluding hydrogens is 508 g/mol. The van der Waals surface area contributed by atoms with Gasteiger partial charge in [0.15, 0.2) is 5.13 Å². The highest BCUT2D eigenvalue weighted by Gasteiger charge is 2.49. The molecule has 9 nitrogen and oxygen atoms in total. The molecule has 1 fully saturated rings. The van der Waals surface area contributed by atoms with Crippen LogP contribution in [0.4, 0.5) is 5.13 Å². The van der Waals surface area contributed by atoms with Gasteiger partial charge in [0.25, 0.3) is 5.78 Å².